The predicted molar refractivity (Wildman–Crippen MR) is 75.7 cm³/mol. The third-order valence-electron chi connectivity index (χ3n) is 3.09. The Hall–Kier alpha value is -2.27. The summed E-state index contributed by atoms with van der Waals surface area (Å²) < 4.78 is 0. The SMILES string of the molecule is CN1C(=O)N(C)[C@@H](NC(=O)NCCO)[C@H]1NC(=O)NCCO. The van der Waals surface area contributed by atoms with Crippen LogP contribution in [0.3, 0.4) is 0 Å². The van der Waals surface area contributed by atoms with Crippen molar-refractivity contribution in [3.8, 4) is 0 Å². The monoisotopic (exact) mass is 318 g/mol. The van der Waals surface area contributed by atoms with E-state index < -0.39 is 24.4 Å². The van der Waals surface area contributed by atoms with Crippen molar-refractivity contribution in [3.63, 3.8) is 0 Å². The van der Waals surface area contributed by atoms with Crippen LogP contribution in [0.4, 0.5) is 14.4 Å². The number of nitrogens with one attached hydrogen (secondary N) is 4. The number of rotatable bonds is 6. The summed E-state index contributed by atoms with van der Waals surface area (Å²) in [6.45, 7) is -0.279. The highest BCUT2D eigenvalue weighted by Crippen LogP contribution is 2.15. The van der Waals surface area contributed by atoms with Gasteiger partial charge in [-0.3, -0.25) is 0 Å². The molecule has 6 N–H and O–H groups in total. The highest BCUT2D eigenvalue weighted by atomic mass is 16.3. The molecule has 22 heavy (non-hydrogen) atoms. The first kappa shape index (κ1) is 17.8. The van der Waals surface area contributed by atoms with Crippen molar-refractivity contribution in [2.45, 2.75) is 12.3 Å². The number of aliphatic hydroxyl groups excluding tert-OH is 2. The number of aliphatic hydroxyl groups is 2. The van der Waals surface area contributed by atoms with Crippen LogP contribution in [0.1, 0.15) is 0 Å². The second-order valence-corrected chi connectivity index (χ2v) is 4.64. The molecule has 1 saturated heterocycles. The molecule has 11 heteroatoms. The lowest BCUT2D eigenvalue weighted by atomic mass is 10.3. The maximum Gasteiger partial charge on any atom is 0.323 e. The fourth-order valence-electron chi connectivity index (χ4n) is 1.97. The minimum atomic E-state index is -0.781. The van der Waals surface area contributed by atoms with Crippen molar-refractivity contribution < 1.29 is 24.6 Å². The Kier molecular flexibility index (Phi) is 6.66. The second-order valence-electron chi connectivity index (χ2n) is 4.64. The predicted octanol–water partition coefficient (Wildman–Crippen LogP) is -2.78. The van der Waals surface area contributed by atoms with Crippen LogP contribution < -0.4 is 21.3 Å². The van der Waals surface area contributed by atoms with E-state index in [2.05, 4.69) is 21.3 Å². The Labute approximate surface area is 127 Å². The third kappa shape index (κ3) is 4.36. The third-order valence-corrected chi connectivity index (χ3v) is 3.09. The van der Waals surface area contributed by atoms with Crippen molar-refractivity contribution >= 4 is 18.1 Å². The Morgan fingerprint density at radius 2 is 1.32 bits per heavy atom. The Morgan fingerprint density at radius 1 is 0.955 bits per heavy atom. The van der Waals surface area contributed by atoms with Crippen LogP contribution in [0.15, 0.2) is 0 Å². The maximum absolute atomic E-state index is 11.9. The van der Waals surface area contributed by atoms with E-state index >= 15 is 0 Å². The Morgan fingerprint density at radius 3 is 1.64 bits per heavy atom. The van der Waals surface area contributed by atoms with E-state index in [9.17, 15) is 14.4 Å². The fraction of sp³-hybridized carbons (Fsp3) is 0.727. The molecule has 0 aliphatic carbocycles. The van der Waals surface area contributed by atoms with Gasteiger partial charge in [-0.05, 0) is 0 Å². The molecule has 2 atom stereocenters. The van der Waals surface area contributed by atoms with Crippen molar-refractivity contribution in [1.82, 2.24) is 31.1 Å². The average molecular weight is 318 g/mol. The molecule has 0 bridgehead atoms. The Bertz CT molecular complexity index is 384. The number of likely N-dealkylation sites (N-methyl/N-ethyl adjacent to an activating group) is 2. The van der Waals surface area contributed by atoms with Gasteiger partial charge >= 0.3 is 18.1 Å². The molecule has 0 aromatic heterocycles. The van der Waals surface area contributed by atoms with Crippen molar-refractivity contribution in [2.24, 2.45) is 0 Å². The van der Waals surface area contributed by atoms with Crippen molar-refractivity contribution in [2.75, 3.05) is 40.4 Å². The molecule has 1 heterocycles. The minimum absolute atomic E-state index is 0.0706. The van der Waals surface area contributed by atoms with Gasteiger partial charge in [0.05, 0.1) is 13.2 Å². The number of hydrogen-bond donors (Lipinski definition) is 6. The standard InChI is InChI=1S/C11H22N6O5/c1-16-7(14-9(20)12-3-5-18)8(17(2)11(16)22)15-10(21)13-4-6-19/h7-8,18-19H,3-6H2,1-2H3,(H2,12,14,20)(H2,13,15,21)/t7-,8+. The molecule has 6 amide bonds. The smallest absolute Gasteiger partial charge is 0.323 e. The number of carbonyl (C=O) groups excluding carboxylic acids is 3. The van der Waals surface area contributed by atoms with E-state index in [1.807, 2.05) is 0 Å². The molecule has 0 radical (unpaired) electrons. The summed E-state index contributed by atoms with van der Waals surface area (Å²) in [5.41, 5.74) is 0. The van der Waals surface area contributed by atoms with Crippen LogP contribution in [0.5, 0.6) is 0 Å². The normalized spacial score (nSPS) is 20.8. The quantitative estimate of drug-likeness (QED) is 0.314. The number of urea groups is 3. The first-order valence-electron chi connectivity index (χ1n) is 6.72. The Balaban J connectivity index is 2.70. The molecule has 0 saturated carbocycles. The van der Waals surface area contributed by atoms with Gasteiger partial charge in [-0.25, -0.2) is 14.4 Å². The second kappa shape index (κ2) is 8.24. The van der Waals surface area contributed by atoms with Crippen molar-refractivity contribution in [1.29, 1.82) is 0 Å². The van der Waals surface area contributed by atoms with Crippen LogP contribution >= 0.6 is 0 Å². The van der Waals surface area contributed by atoms with Gasteiger partial charge in [0.25, 0.3) is 0 Å². The van der Waals surface area contributed by atoms with Crippen LogP contribution in [-0.4, -0.2) is 90.8 Å². The van der Waals surface area contributed by atoms with Crippen LogP contribution in [0.25, 0.3) is 0 Å². The minimum Gasteiger partial charge on any atom is -0.395 e. The summed E-state index contributed by atoms with van der Waals surface area (Å²) in [7, 11) is 2.98. The molecule has 0 unspecified atom stereocenters. The van der Waals surface area contributed by atoms with Gasteiger partial charge in [0.15, 0.2) is 0 Å². The molecule has 0 aromatic rings. The lowest BCUT2D eigenvalue weighted by molar-refractivity contribution is 0.190. The molecule has 1 fully saturated rings. The molecule has 0 aromatic carbocycles. The van der Waals surface area contributed by atoms with E-state index in [4.69, 9.17) is 10.2 Å². The zero-order valence-electron chi connectivity index (χ0n) is 12.5. The average Bonchev–Trinajstić information content (AvgIpc) is 2.69. The fourth-order valence-corrected chi connectivity index (χ4v) is 1.97. The molecule has 126 valence electrons. The van der Waals surface area contributed by atoms with Crippen LogP contribution in [-0.2, 0) is 0 Å². The maximum atomic E-state index is 11.9. The lowest BCUT2D eigenvalue weighted by Crippen LogP contribution is -2.59. The van der Waals surface area contributed by atoms with Gasteiger partial charge in [0, 0.05) is 27.2 Å². The van der Waals surface area contributed by atoms with E-state index in [1.54, 1.807) is 0 Å². The molecular weight excluding hydrogens is 296 g/mol. The van der Waals surface area contributed by atoms with E-state index in [0.717, 1.165) is 0 Å². The van der Waals surface area contributed by atoms with Gasteiger partial charge < -0.3 is 41.3 Å². The van der Waals surface area contributed by atoms with Crippen molar-refractivity contribution in [3.05, 3.63) is 0 Å². The molecule has 1 rings (SSSR count). The van der Waals surface area contributed by atoms with E-state index in [-0.39, 0.29) is 32.3 Å². The highest BCUT2D eigenvalue weighted by Gasteiger charge is 2.43. The topological polar surface area (TPSA) is 146 Å². The summed E-state index contributed by atoms with van der Waals surface area (Å²) in [5, 5.41) is 27.2. The highest BCUT2D eigenvalue weighted by molar-refractivity contribution is 5.82. The van der Waals surface area contributed by atoms with Crippen LogP contribution in [0, 0.1) is 0 Å². The molecule has 0 spiro atoms. The largest absolute Gasteiger partial charge is 0.395 e. The van der Waals surface area contributed by atoms with Gasteiger partial charge in [-0.15, -0.1) is 0 Å². The summed E-state index contributed by atoms with van der Waals surface area (Å²) in [6, 6.07) is -1.52. The van der Waals surface area contributed by atoms with Gasteiger partial charge in [0.2, 0.25) is 0 Å². The summed E-state index contributed by atoms with van der Waals surface area (Å²) >= 11 is 0. The number of amides is 6. The number of hydrogen-bond acceptors (Lipinski definition) is 5. The molecule has 11 nitrogen and oxygen atoms in total. The first-order valence-corrected chi connectivity index (χ1v) is 6.72. The number of nitrogens with zero attached hydrogens (tertiary/aromatic N) is 2. The lowest BCUT2D eigenvalue weighted by Gasteiger charge is -2.26. The zero-order valence-corrected chi connectivity index (χ0v) is 12.5. The van der Waals surface area contributed by atoms with Gasteiger partial charge in [-0.2, -0.15) is 0 Å². The van der Waals surface area contributed by atoms with Crippen LogP contribution in [0.2, 0.25) is 0 Å². The molecule has 1 aliphatic heterocycles. The summed E-state index contributed by atoms with van der Waals surface area (Å²) in [4.78, 5) is 37.8. The first-order chi connectivity index (χ1) is 10.4. The summed E-state index contributed by atoms with van der Waals surface area (Å²) in [5.74, 6) is 0. The summed E-state index contributed by atoms with van der Waals surface area (Å²) in [6.07, 6.45) is -1.56. The number of carbonyl (C=O) groups is 3. The molecular formula is C11H22N6O5. The zero-order chi connectivity index (χ0) is 16.7. The van der Waals surface area contributed by atoms with E-state index in [1.165, 1.54) is 23.9 Å². The van der Waals surface area contributed by atoms with E-state index in [0.29, 0.717) is 0 Å². The van der Waals surface area contributed by atoms with Gasteiger partial charge in [-0.1, -0.05) is 0 Å². The molecule has 1 aliphatic rings. The van der Waals surface area contributed by atoms with Gasteiger partial charge in [0.1, 0.15) is 12.3 Å².